The van der Waals surface area contributed by atoms with Crippen LogP contribution in [0.15, 0.2) is 42.5 Å². The predicted molar refractivity (Wildman–Crippen MR) is 98.8 cm³/mol. The number of carbonyl (C=O) groups excluding carboxylic acids is 2. The molecule has 0 fully saturated rings. The lowest BCUT2D eigenvalue weighted by atomic mass is 10.1. The topological polar surface area (TPSA) is 94.1 Å². The van der Waals surface area contributed by atoms with Crippen LogP contribution in [0.1, 0.15) is 18.1 Å². The molecule has 0 unspecified atom stereocenters. The summed E-state index contributed by atoms with van der Waals surface area (Å²) in [5.74, 6) is 0.370. The van der Waals surface area contributed by atoms with Crippen LogP contribution < -0.4 is 14.8 Å². The van der Waals surface area contributed by atoms with Crippen molar-refractivity contribution in [3.8, 4) is 17.2 Å². The van der Waals surface area contributed by atoms with Gasteiger partial charge in [0, 0.05) is 6.54 Å². The second-order valence-corrected chi connectivity index (χ2v) is 5.88. The molecule has 27 heavy (non-hydrogen) atoms. The van der Waals surface area contributed by atoms with E-state index in [2.05, 4.69) is 5.32 Å². The number of nitrogens with one attached hydrogen (secondary N) is 1. The summed E-state index contributed by atoms with van der Waals surface area (Å²) in [4.78, 5) is 24.1. The number of amides is 1. The Bertz CT molecular complexity index is 788. The Labute approximate surface area is 157 Å². The monoisotopic (exact) mass is 373 g/mol. The Hall–Kier alpha value is -3.22. The molecule has 0 aliphatic carbocycles. The zero-order chi connectivity index (χ0) is 19.8. The zero-order valence-corrected chi connectivity index (χ0v) is 15.5. The molecule has 7 heteroatoms. The molecule has 0 heterocycles. The normalized spacial score (nSPS) is 11.4. The largest absolute Gasteiger partial charge is 0.508 e. The molecule has 2 rings (SSSR count). The summed E-state index contributed by atoms with van der Waals surface area (Å²) in [6, 6.07) is 11.5. The Morgan fingerprint density at radius 2 is 1.63 bits per heavy atom. The molecule has 2 N–H and O–H groups in total. The maximum absolute atomic E-state index is 12.1. The van der Waals surface area contributed by atoms with Crippen molar-refractivity contribution in [2.75, 3.05) is 14.2 Å². The van der Waals surface area contributed by atoms with Crippen molar-refractivity contribution in [3.63, 3.8) is 0 Å². The van der Waals surface area contributed by atoms with Gasteiger partial charge in [-0.25, -0.2) is 0 Å². The molecule has 0 aliphatic rings. The lowest BCUT2D eigenvalue weighted by molar-refractivity contribution is -0.154. The minimum absolute atomic E-state index is 0.0214. The summed E-state index contributed by atoms with van der Waals surface area (Å²) < 4.78 is 15.6. The number of hydrogen-bond donors (Lipinski definition) is 2. The highest BCUT2D eigenvalue weighted by Gasteiger charge is 2.18. The second kappa shape index (κ2) is 9.47. The van der Waals surface area contributed by atoms with Gasteiger partial charge in [-0.1, -0.05) is 18.2 Å². The van der Waals surface area contributed by atoms with E-state index in [4.69, 9.17) is 14.2 Å². The molecule has 0 aliphatic heterocycles. The minimum Gasteiger partial charge on any atom is -0.508 e. The van der Waals surface area contributed by atoms with Crippen molar-refractivity contribution in [3.05, 3.63) is 53.6 Å². The van der Waals surface area contributed by atoms with E-state index < -0.39 is 18.0 Å². The van der Waals surface area contributed by atoms with Crippen molar-refractivity contribution in [2.24, 2.45) is 0 Å². The molecule has 0 saturated heterocycles. The first kappa shape index (κ1) is 20.1. The van der Waals surface area contributed by atoms with Gasteiger partial charge in [-0.15, -0.1) is 0 Å². The molecule has 2 aromatic rings. The maximum Gasteiger partial charge on any atom is 0.311 e. The standard InChI is InChI=1S/C20H23NO6/c1-13(27-19(23)11-14-4-7-16(22)8-5-14)20(24)21-12-15-6-9-17(25-2)18(10-15)26-3/h4-10,13,22H,11-12H2,1-3H3,(H,21,24)/t13-/m1/s1. The van der Waals surface area contributed by atoms with Crippen LogP contribution in [0.25, 0.3) is 0 Å². The van der Waals surface area contributed by atoms with Gasteiger partial charge in [-0.05, 0) is 42.3 Å². The smallest absolute Gasteiger partial charge is 0.311 e. The zero-order valence-electron chi connectivity index (χ0n) is 15.5. The van der Waals surface area contributed by atoms with Crippen molar-refractivity contribution in [2.45, 2.75) is 26.0 Å². The molecule has 1 atom stereocenters. The molecule has 0 bridgehead atoms. The fraction of sp³-hybridized carbons (Fsp3) is 0.300. The molecule has 1 amide bonds. The Morgan fingerprint density at radius 3 is 2.26 bits per heavy atom. The van der Waals surface area contributed by atoms with E-state index in [1.165, 1.54) is 26.2 Å². The van der Waals surface area contributed by atoms with E-state index in [1.807, 2.05) is 6.07 Å². The van der Waals surface area contributed by atoms with Gasteiger partial charge >= 0.3 is 5.97 Å². The van der Waals surface area contributed by atoms with E-state index in [0.717, 1.165) is 5.56 Å². The number of phenols is 1. The van der Waals surface area contributed by atoms with E-state index in [1.54, 1.807) is 31.4 Å². The number of aromatic hydroxyl groups is 1. The minimum atomic E-state index is -0.922. The SMILES string of the molecule is COc1ccc(CNC(=O)[C@@H](C)OC(=O)Cc2ccc(O)cc2)cc1OC. The average Bonchev–Trinajstić information content (AvgIpc) is 2.67. The molecule has 2 aromatic carbocycles. The van der Waals surface area contributed by atoms with Crippen LogP contribution in [-0.4, -0.2) is 37.3 Å². The second-order valence-electron chi connectivity index (χ2n) is 5.88. The Morgan fingerprint density at radius 1 is 1.00 bits per heavy atom. The highest BCUT2D eigenvalue weighted by Crippen LogP contribution is 2.27. The van der Waals surface area contributed by atoms with E-state index in [9.17, 15) is 14.7 Å². The summed E-state index contributed by atoms with van der Waals surface area (Å²) in [6.07, 6.45) is -0.900. The van der Waals surface area contributed by atoms with Gasteiger partial charge in [0.25, 0.3) is 5.91 Å². The van der Waals surface area contributed by atoms with Gasteiger partial charge in [0.05, 0.1) is 20.6 Å². The van der Waals surface area contributed by atoms with Gasteiger partial charge in [0.2, 0.25) is 0 Å². The van der Waals surface area contributed by atoms with Gasteiger partial charge < -0.3 is 24.6 Å². The van der Waals surface area contributed by atoms with Crippen molar-refractivity contribution in [1.29, 1.82) is 0 Å². The Kier molecular flexibility index (Phi) is 7.05. The summed E-state index contributed by atoms with van der Waals surface area (Å²) in [6.45, 7) is 1.78. The van der Waals surface area contributed by atoms with Crippen molar-refractivity contribution >= 4 is 11.9 Å². The van der Waals surface area contributed by atoms with Crippen LogP contribution in [-0.2, 0) is 27.3 Å². The van der Waals surface area contributed by atoms with Crippen LogP contribution in [0, 0.1) is 0 Å². The number of phenolic OH excluding ortho intramolecular Hbond substituents is 1. The average molecular weight is 373 g/mol. The third-order valence-corrected chi connectivity index (χ3v) is 3.88. The van der Waals surface area contributed by atoms with Crippen molar-refractivity contribution in [1.82, 2.24) is 5.32 Å². The van der Waals surface area contributed by atoms with Crippen LogP contribution >= 0.6 is 0 Å². The molecular weight excluding hydrogens is 350 g/mol. The lowest BCUT2D eigenvalue weighted by Crippen LogP contribution is -2.35. The molecule has 0 radical (unpaired) electrons. The molecular formula is C20H23NO6. The van der Waals surface area contributed by atoms with E-state index >= 15 is 0 Å². The number of methoxy groups -OCH3 is 2. The van der Waals surface area contributed by atoms with Gasteiger partial charge in [-0.3, -0.25) is 9.59 Å². The number of esters is 1. The van der Waals surface area contributed by atoms with Crippen LogP contribution in [0.5, 0.6) is 17.2 Å². The first-order valence-electron chi connectivity index (χ1n) is 8.39. The van der Waals surface area contributed by atoms with E-state index in [-0.39, 0.29) is 18.7 Å². The highest BCUT2D eigenvalue weighted by atomic mass is 16.5. The summed E-state index contributed by atoms with van der Waals surface area (Å²) in [7, 11) is 3.09. The van der Waals surface area contributed by atoms with Crippen LogP contribution in [0.4, 0.5) is 0 Å². The number of carbonyl (C=O) groups is 2. The first-order chi connectivity index (χ1) is 12.9. The van der Waals surface area contributed by atoms with Crippen LogP contribution in [0.2, 0.25) is 0 Å². The van der Waals surface area contributed by atoms with Crippen molar-refractivity contribution < 1.29 is 28.9 Å². The number of rotatable bonds is 8. The molecule has 144 valence electrons. The summed E-state index contributed by atoms with van der Waals surface area (Å²) in [5, 5.41) is 12.0. The van der Waals surface area contributed by atoms with E-state index in [0.29, 0.717) is 17.1 Å². The molecule has 0 aromatic heterocycles. The molecule has 0 saturated carbocycles. The number of hydrogen-bond acceptors (Lipinski definition) is 6. The van der Waals surface area contributed by atoms with Gasteiger partial charge in [-0.2, -0.15) is 0 Å². The third kappa shape index (κ3) is 5.91. The third-order valence-electron chi connectivity index (χ3n) is 3.88. The Balaban J connectivity index is 1.84. The molecule has 0 spiro atoms. The lowest BCUT2D eigenvalue weighted by Gasteiger charge is -2.14. The molecule has 7 nitrogen and oxygen atoms in total. The predicted octanol–water partition coefficient (Wildman–Crippen LogP) is 2.20. The first-order valence-corrected chi connectivity index (χ1v) is 8.39. The number of ether oxygens (including phenoxy) is 3. The summed E-state index contributed by atoms with van der Waals surface area (Å²) >= 11 is 0. The van der Waals surface area contributed by atoms with Gasteiger partial charge in [0.1, 0.15) is 5.75 Å². The fourth-order valence-corrected chi connectivity index (χ4v) is 2.40. The maximum atomic E-state index is 12.1. The number of benzene rings is 2. The highest BCUT2D eigenvalue weighted by molar-refractivity contribution is 5.83. The van der Waals surface area contributed by atoms with Crippen LogP contribution in [0.3, 0.4) is 0 Å². The quantitative estimate of drug-likeness (QED) is 0.689. The van der Waals surface area contributed by atoms with Gasteiger partial charge in [0.15, 0.2) is 17.6 Å². The summed E-state index contributed by atoms with van der Waals surface area (Å²) in [5.41, 5.74) is 1.51. The fourth-order valence-electron chi connectivity index (χ4n) is 2.40.